The molecule has 0 aliphatic carbocycles. The number of amides is 2. The summed E-state index contributed by atoms with van der Waals surface area (Å²) in [5.74, 6) is 0.169. The van der Waals surface area contributed by atoms with Crippen LogP contribution in [0.15, 0.2) is 60.0 Å². The smallest absolute Gasteiger partial charge is 0.315 e. The van der Waals surface area contributed by atoms with Crippen molar-refractivity contribution in [2.45, 2.75) is 13.0 Å². The van der Waals surface area contributed by atoms with Crippen molar-refractivity contribution in [2.75, 3.05) is 6.54 Å². The first-order chi connectivity index (χ1) is 13.7. The van der Waals surface area contributed by atoms with E-state index in [1.807, 2.05) is 35.7 Å². The number of fused-ring (bicyclic) bond motifs is 1. The standard InChI is InChI=1S/C20H18FN5OS/c21-16-8-4-7-15(11-16)18-24-20-26(25-18)17(13-28-20)9-10-22-19(27)23-12-14-5-2-1-3-6-14/h1-8,11,13H,9-10,12H2,(H2,22,23,27). The number of nitrogens with one attached hydrogen (secondary N) is 2. The van der Waals surface area contributed by atoms with Crippen molar-refractivity contribution in [3.8, 4) is 11.4 Å². The van der Waals surface area contributed by atoms with Gasteiger partial charge in [0, 0.05) is 30.5 Å². The Labute approximate surface area is 165 Å². The topological polar surface area (TPSA) is 71.3 Å². The van der Waals surface area contributed by atoms with E-state index in [4.69, 9.17) is 0 Å². The molecule has 2 heterocycles. The zero-order valence-electron chi connectivity index (χ0n) is 14.9. The zero-order chi connectivity index (χ0) is 19.3. The van der Waals surface area contributed by atoms with Gasteiger partial charge in [0.1, 0.15) is 5.82 Å². The summed E-state index contributed by atoms with van der Waals surface area (Å²) in [5.41, 5.74) is 2.63. The highest BCUT2D eigenvalue weighted by molar-refractivity contribution is 7.15. The molecule has 0 radical (unpaired) electrons. The fraction of sp³-hybridized carbons (Fsp3) is 0.150. The van der Waals surface area contributed by atoms with Gasteiger partial charge in [-0.3, -0.25) is 0 Å². The van der Waals surface area contributed by atoms with E-state index >= 15 is 0 Å². The fourth-order valence-electron chi connectivity index (χ4n) is 2.79. The summed E-state index contributed by atoms with van der Waals surface area (Å²) in [6, 6.07) is 15.7. The van der Waals surface area contributed by atoms with Gasteiger partial charge in [-0.05, 0) is 17.7 Å². The molecule has 0 aliphatic rings. The molecule has 0 unspecified atom stereocenters. The number of thiazole rings is 1. The summed E-state index contributed by atoms with van der Waals surface area (Å²) in [4.78, 5) is 17.1. The summed E-state index contributed by atoms with van der Waals surface area (Å²) in [5, 5.41) is 12.1. The second-order valence-corrected chi connectivity index (χ2v) is 7.05. The normalized spacial score (nSPS) is 10.9. The number of carbonyl (C=O) groups excluding carboxylic acids is 1. The molecule has 2 N–H and O–H groups in total. The molecule has 2 amide bonds. The van der Waals surface area contributed by atoms with Crippen LogP contribution in [0.2, 0.25) is 0 Å². The van der Waals surface area contributed by atoms with E-state index in [0.29, 0.717) is 30.9 Å². The van der Waals surface area contributed by atoms with E-state index in [1.165, 1.54) is 23.5 Å². The largest absolute Gasteiger partial charge is 0.338 e. The van der Waals surface area contributed by atoms with Crippen molar-refractivity contribution in [3.05, 3.63) is 77.1 Å². The van der Waals surface area contributed by atoms with Gasteiger partial charge in [-0.1, -0.05) is 42.5 Å². The number of carbonyl (C=O) groups is 1. The second kappa shape index (κ2) is 8.18. The average Bonchev–Trinajstić information content (AvgIpc) is 3.29. The number of halogens is 1. The molecule has 0 aliphatic heterocycles. The van der Waals surface area contributed by atoms with Crippen LogP contribution in [0.3, 0.4) is 0 Å². The first-order valence-corrected chi connectivity index (χ1v) is 9.72. The van der Waals surface area contributed by atoms with Gasteiger partial charge in [0.2, 0.25) is 4.96 Å². The summed E-state index contributed by atoms with van der Waals surface area (Å²) >= 11 is 1.47. The molecular weight excluding hydrogens is 377 g/mol. The van der Waals surface area contributed by atoms with Crippen LogP contribution in [0.1, 0.15) is 11.3 Å². The van der Waals surface area contributed by atoms with Crippen molar-refractivity contribution in [3.63, 3.8) is 0 Å². The highest BCUT2D eigenvalue weighted by Gasteiger charge is 2.12. The Bertz CT molecular complexity index is 1090. The molecule has 6 nitrogen and oxygen atoms in total. The number of nitrogens with zero attached hydrogens (tertiary/aromatic N) is 3. The van der Waals surface area contributed by atoms with Crippen LogP contribution in [0.5, 0.6) is 0 Å². The lowest BCUT2D eigenvalue weighted by Crippen LogP contribution is -2.36. The van der Waals surface area contributed by atoms with Crippen LogP contribution < -0.4 is 10.6 Å². The van der Waals surface area contributed by atoms with E-state index in [2.05, 4.69) is 20.7 Å². The van der Waals surface area contributed by atoms with Crippen LogP contribution in [-0.2, 0) is 13.0 Å². The second-order valence-electron chi connectivity index (χ2n) is 6.21. The maximum Gasteiger partial charge on any atom is 0.315 e. The molecule has 2 aromatic heterocycles. The van der Waals surface area contributed by atoms with E-state index in [-0.39, 0.29) is 11.8 Å². The molecule has 4 rings (SSSR count). The Kier molecular flexibility index (Phi) is 5.29. The summed E-state index contributed by atoms with van der Waals surface area (Å²) in [6.07, 6.45) is 0.616. The lowest BCUT2D eigenvalue weighted by molar-refractivity contribution is 0.240. The molecule has 28 heavy (non-hydrogen) atoms. The molecule has 4 aromatic rings. The Balaban J connectivity index is 1.34. The van der Waals surface area contributed by atoms with Gasteiger partial charge in [0.05, 0.1) is 5.69 Å². The minimum atomic E-state index is -0.318. The average molecular weight is 395 g/mol. The van der Waals surface area contributed by atoms with Crippen molar-refractivity contribution in [1.82, 2.24) is 25.2 Å². The van der Waals surface area contributed by atoms with Gasteiger partial charge in [-0.15, -0.1) is 16.4 Å². The van der Waals surface area contributed by atoms with E-state index < -0.39 is 0 Å². The lowest BCUT2D eigenvalue weighted by atomic mass is 10.2. The predicted molar refractivity (Wildman–Crippen MR) is 107 cm³/mol. The highest BCUT2D eigenvalue weighted by Crippen LogP contribution is 2.21. The van der Waals surface area contributed by atoms with Crippen molar-refractivity contribution in [2.24, 2.45) is 0 Å². The molecule has 0 fully saturated rings. The van der Waals surface area contributed by atoms with Gasteiger partial charge >= 0.3 is 6.03 Å². The Hall–Kier alpha value is -3.26. The van der Waals surface area contributed by atoms with E-state index in [9.17, 15) is 9.18 Å². The SMILES string of the molecule is O=C(NCCc1csc2nc(-c3cccc(F)c3)nn12)NCc1ccccc1. The number of aromatic nitrogens is 3. The van der Waals surface area contributed by atoms with Crippen molar-refractivity contribution in [1.29, 1.82) is 0 Å². The summed E-state index contributed by atoms with van der Waals surface area (Å²) < 4.78 is 15.2. The third-order valence-corrected chi connectivity index (χ3v) is 5.06. The monoisotopic (exact) mass is 395 g/mol. The van der Waals surface area contributed by atoms with E-state index in [1.54, 1.807) is 16.6 Å². The first kappa shape index (κ1) is 18.1. The molecule has 2 aromatic carbocycles. The fourth-order valence-corrected chi connectivity index (χ4v) is 3.65. The third-order valence-electron chi connectivity index (χ3n) is 4.20. The van der Waals surface area contributed by atoms with Gasteiger partial charge in [0.25, 0.3) is 0 Å². The van der Waals surface area contributed by atoms with Crippen LogP contribution in [0.4, 0.5) is 9.18 Å². The minimum absolute atomic E-state index is 0.214. The van der Waals surface area contributed by atoms with Crippen molar-refractivity contribution < 1.29 is 9.18 Å². The third kappa shape index (κ3) is 4.17. The number of benzene rings is 2. The quantitative estimate of drug-likeness (QED) is 0.524. The highest BCUT2D eigenvalue weighted by atomic mass is 32.1. The molecule has 0 atom stereocenters. The Morgan fingerprint density at radius 2 is 1.96 bits per heavy atom. The van der Waals surface area contributed by atoms with Gasteiger partial charge < -0.3 is 10.6 Å². The van der Waals surface area contributed by atoms with Crippen LogP contribution in [-0.4, -0.2) is 27.2 Å². The first-order valence-electron chi connectivity index (χ1n) is 8.84. The van der Waals surface area contributed by atoms with Gasteiger partial charge in [-0.25, -0.2) is 13.7 Å². The molecule has 142 valence electrons. The predicted octanol–water partition coefficient (Wildman–Crippen LogP) is 3.64. The van der Waals surface area contributed by atoms with E-state index in [0.717, 1.165) is 16.2 Å². The number of urea groups is 1. The van der Waals surface area contributed by atoms with Crippen LogP contribution in [0.25, 0.3) is 16.3 Å². The minimum Gasteiger partial charge on any atom is -0.338 e. The van der Waals surface area contributed by atoms with Gasteiger partial charge in [0.15, 0.2) is 5.82 Å². The Morgan fingerprint density at radius 1 is 1.11 bits per heavy atom. The maximum absolute atomic E-state index is 13.4. The van der Waals surface area contributed by atoms with Gasteiger partial charge in [-0.2, -0.15) is 4.98 Å². The zero-order valence-corrected chi connectivity index (χ0v) is 15.7. The molecule has 0 saturated carbocycles. The lowest BCUT2D eigenvalue weighted by Gasteiger charge is -2.07. The molecular formula is C20H18FN5OS. The molecule has 0 saturated heterocycles. The summed E-state index contributed by atoms with van der Waals surface area (Å²) in [7, 11) is 0. The Morgan fingerprint density at radius 3 is 2.79 bits per heavy atom. The maximum atomic E-state index is 13.4. The number of hydrogen-bond donors (Lipinski definition) is 2. The van der Waals surface area contributed by atoms with Crippen molar-refractivity contribution >= 4 is 22.3 Å². The number of hydrogen-bond acceptors (Lipinski definition) is 4. The molecule has 0 spiro atoms. The van der Waals surface area contributed by atoms with Crippen LogP contribution >= 0.6 is 11.3 Å². The number of rotatable bonds is 6. The summed E-state index contributed by atoms with van der Waals surface area (Å²) in [6.45, 7) is 0.955. The van der Waals surface area contributed by atoms with Crippen LogP contribution in [0, 0.1) is 5.82 Å². The molecule has 0 bridgehead atoms. The molecule has 8 heteroatoms.